The molecule has 150 valence electrons. The van der Waals surface area contributed by atoms with Crippen molar-refractivity contribution in [1.29, 1.82) is 0 Å². The molecule has 0 aliphatic rings. The lowest BCUT2D eigenvalue weighted by atomic mass is 10.1. The highest BCUT2D eigenvalue weighted by Crippen LogP contribution is 2.25. The van der Waals surface area contributed by atoms with Gasteiger partial charge in [-0.25, -0.2) is 8.42 Å². The van der Waals surface area contributed by atoms with Gasteiger partial charge in [0, 0.05) is 23.3 Å². The summed E-state index contributed by atoms with van der Waals surface area (Å²) in [6.45, 7) is 0.107. The normalized spacial score (nSPS) is 11.1. The highest BCUT2D eigenvalue weighted by Gasteiger charge is 2.20. The molecule has 0 radical (unpaired) electrons. The summed E-state index contributed by atoms with van der Waals surface area (Å²) in [6.07, 6.45) is 1.14. The van der Waals surface area contributed by atoms with Gasteiger partial charge in [-0.1, -0.05) is 48.0 Å². The SMILES string of the molecule is CN(C(=O)c1ccc(N(Cc2ccccc2Cl)S(C)(=O)=O)cc1)c1ccccc1. The Labute approximate surface area is 176 Å². The fourth-order valence-corrected chi connectivity index (χ4v) is 3.99. The van der Waals surface area contributed by atoms with Crippen molar-refractivity contribution in [3.63, 3.8) is 0 Å². The van der Waals surface area contributed by atoms with Crippen molar-refractivity contribution in [2.75, 3.05) is 22.5 Å². The standard InChI is InChI=1S/C22H21ClN2O3S/c1-24(19-9-4-3-5-10-19)22(26)17-12-14-20(15-13-17)25(29(2,27)28)16-18-8-6-7-11-21(18)23/h3-15H,16H2,1-2H3. The molecule has 3 aromatic rings. The highest BCUT2D eigenvalue weighted by molar-refractivity contribution is 7.92. The number of hydrogen-bond donors (Lipinski definition) is 0. The monoisotopic (exact) mass is 428 g/mol. The molecule has 0 atom stereocenters. The van der Waals surface area contributed by atoms with Crippen molar-refractivity contribution in [1.82, 2.24) is 0 Å². The lowest BCUT2D eigenvalue weighted by Crippen LogP contribution is -2.30. The molecule has 0 spiro atoms. The molecule has 0 saturated heterocycles. The van der Waals surface area contributed by atoms with Crippen LogP contribution in [0.4, 0.5) is 11.4 Å². The van der Waals surface area contributed by atoms with Gasteiger partial charge in [0.15, 0.2) is 0 Å². The van der Waals surface area contributed by atoms with Crippen LogP contribution in [-0.2, 0) is 16.6 Å². The second kappa shape index (κ2) is 8.68. The van der Waals surface area contributed by atoms with Crippen molar-refractivity contribution < 1.29 is 13.2 Å². The first kappa shape index (κ1) is 20.9. The first-order valence-electron chi connectivity index (χ1n) is 8.91. The molecule has 3 aromatic carbocycles. The smallest absolute Gasteiger partial charge is 0.258 e. The molecule has 29 heavy (non-hydrogen) atoms. The van der Waals surface area contributed by atoms with Crippen molar-refractivity contribution in [2.45, 2.75) is 6.54 Å². The van der Waals surface area contributed by atoms with Crippen LogP contribution in [-0.4, -0.2) is 27.6 Å². The van der Waals surface area contributed by atoms with Crippen LogP contribution in [0.1, 0.15) is 15.9 Å². The van der Waals surface area contributed by atoms with Crippen molar-refractivity contribution >= 4 is 38.9 Å². The second-order valence-corrected chi connectivity index (χ2v) is 8.92. The largest absolute Gasteiger partial charge is 0.311 e. The lowest BCUT2D eigenvalue weighted by Gasteiger charge is -2.23. The number of carbonyl (C=O) groups is 1. The number of nitrogens with zero attached hydrogens (tertiary/aromatic N) is 2. The van der Waals surface area contributed by atoms with Crippen LogP contribution in [0.25, 0.3) is 0 Å². The van der Waals surface area contributed by atoms with Crippen molar-refractivity contribution in [3.8, 4) is 0 Å². The van der Waals surface area contributed by atoms with Crippen LogP contribution in [0.2, 0.25) is 5.02 Å². The van der Waals surface area contributed by atoms with Gasteiger partial charge in [0.2, 0.25) is 10.0 Å². The zero-order chi connectivity index (χ0) is 21.0. The van der Waals surface area contributed by atoms with Crippen molar-refractivity contribution in [2.24, 2.45) is 0 Å². The summed E-state index contributed by atoms with van der Waals surface area (Å²) in [5, 5.41) is 0.498. The van der Waals surface area contributed by atoms with E-state index in [0.29, 0.717) is 21.8 Å². The van der Waals surface area contributed by atoms with E-state index in [1.807, 2.05) is 36.4 Å². The van der Waals surface area contributed by atoms with Gasteiger partial charge < -0.3 is 4.90 Å². The van der Waals surface area contributed by atoms with Crippen molar-refractivity contribution in [3.05, 3.63) is 95.0 Å². The number of hydrogen-bond acceptors (Lipinski definition) is 3. The lowest BCUT2D eigenvalue weighted by molar-refractivity contribution is 0.0993. The van der Waals surface area contributed by atoms with Gasteiger partial charge in [0.05, 0.1) is 18.5 Å². The number of amides is 1. The van der Waals surface area contributed by atoms with Gasteiger partial charge in [0.1, 0.15) is 0 Å². The zero-order valence-corrected chi connectivity index (χ0v) is 17.7. The zero-order valence-electron chi connectivity index (χ0n) is 16.1. The number of sulfonamides is 1. The third-order valence-corrected chi connectivity index (χ3v) is 6.03. The predicted molar refractivity (Wildman–Crippen MR) is 118 cm³/mol. The van der Waals surface area contributed by atoms with Crippen LogP contribution in [0.5, 0.6) is 0 Å². The van der Waals surface area contributed by atoms with Crippen LogP contribution >= 0.6 is 11.6 Å². The molecular formula is C22H21ClN2O3S. The molecular weight excluding hydrogens is 408 g/mol. The number of halogens is 1. The van der Waals surface area contributed by atoms with E-state index >= 15 is 0 Å². The minimum atomic E-state index is -3.55. The number of para-hydroxylation sites is 1. The van der Waals surface area contributed by atoms with Gasteiger partial charge in [-0.3, -0.25) is 9.10 Å². The Morgan fingerprint density at radius 2 is 1.45 bits per heavy atom. The van der Waals surface area contributed by atoms with Gasteiger partial charge in [-0.15, -0.1) is 0 Å². The quantitative estimate of drug-likeness (QED) is 0.577. The molecule has 0 saturated carbocycles. The highest BCUT2D eigenvalue weighted by atomic mass is 35.5. The van der Waals surface area contributed by atoms with E-state index in [0.717, 1.165) is 11.9 Å². The van der Waals surface area contributed by atoms with E-state index in [9.17, 15) is 13.2 Å². The average molecular weight is 429 g/mol. The Hall–Kier alpha value is -2.83. The molecule has 7 heteroatoms. The fourth-order valence-electron chi connectivity index (χ4n) is 2.91. The first-order valence-corrected chi connectivity index (χ1v) is 11.1. The third kappa shape index (κ3) is 4.96. The molecule has 3 rings (SSSR count). The van der Waals surface area contributed by atoms with Crippen LogP contribution in [0.15, 0.2) is 78.9 Å². The molecule has 0 bridgehead atoms. The van der Waals surface area contributed by atoms with Crippen LogP contribution < -0.4 is 9.21 Å². The second-order valence-electron chi connectivity index (χ2n) is 6.61. The Balaban J connectivity index is 1.86. The van der Waals surface area contributed by atoms with E-state index in [1.54, 1.807) is 54.4 Å². The summed E-state index contributed by atoms with van der Waals surface area (Å²) < 4.78 is 26.0. The van der Waals surface area contributed by atoms with Gasteiger partial charge in [0.25, 0.3) is 5.91 Å². The van der Waals surface area contributed by atoms with E-state index < -0.39 is 10.0 Å². The third-order valence-electron chi connectivity index (χ3n) is 4.52. The van der Waals surface area contributed by atoms with Gasteiger partial charge in [-0.05, 0) is 48.0 Å². The summed E-state index contributed by atoms with van der Waals surface area (Å²) in [4.78, 5) is 14.3. The Morgan fingerprint density at radius 3 is 2.03 bits per heavy atom. The van der Waals surface area contributed by atoms with Crippen LogP contribution in [0.3, 0.4) is 0 Å². The number of rotatable bonds is 6. The van der Waals surface area contributed by atoms with E-state index in [1.165, 1.54) is 4.31 Å². The molecule has 0 aliphatic heterocycles. The summed E-state index contributed by atoms with van der Waals surface area (Å²) in [5.74, 6) is -0.181. The molecule has 0 N–H and O–H groups in total. The number of carbonyl (C=O) groups excluding carboxylic acids is 1. The van der Waals surface area contributed by atoms with Gasteiger partial charge >= 0.3 is 0 Å². The molecule has 1 amide bonds. The molecule has 0 heterocycles. The number of benzene rings is 3. The Kier molecular flexibility index (Phi) is 6.25. The fraction of sp³-hybridized carbons (Fsp3) is 0.136. The molecule has 0 fully saturated rings. The number of anilines is 2. The maximum absolute atomic E-state index is 12.7. The Bertz CT molecular complexity index is 1100. The molecule has 0 aliphatic carbocycles. The minimum Gasteiger partial charge on any atom is -0.311 e. The summed E-state index contributed by atoms with van der Waals surface area (Å²) in [6, 6.07) is 22.9. The molecule has 0 aromatic heterocycles. The Morgan fingerprint density at radius 1 is 0.862 bits per heavy atom. The van der Waals surface area contributed by atoms with Gasteiger partial charge in [-0.2, -0.15) is 0 Å². The van der Waals surface area contributed by atoms with E-state index in [-0.39, 0.29) is 12.5 Å². The molecule has 5 nitrogen and oxygen atoms in total. The summed E-state index contributed by atoms with van der Waals surface area (Å²) in [7, 11) is -1.85. The van der Waals surface area contributed by atoms with E-state index in [4.69, 9.17) is 11.6 Å². The van der Waals surface area contributed by atoms with E-state index in [2.05, 4.69) is 0 Å². The topological polar surface area (TPSA) is 57.7 Å². The maximum atomic E-state index is 12.7. The average Bonchev–Trinajstić information content (AvgIpc) is 2.72. The van der Waals surface area contributed by atoms with Crippen LogP contribution in [0, 0.1) is 0 Å². The predicted octanol–water partition coefficient (Wildman–Crippen LogP) is 4.58. The first-order chi connectivity index (χ1) is 13.8. The molecule has 0 unspecified atom stereocenters. The maximum Gasteiger partial charge on any atom is 0.258 e. The summed E-state index contributed by atoms with van der Waals surface area (Å²) in [5.41, 5.74) is 2.40. The minimum absolute atomic E-state index is 0.107. The summed E-state index contributed by atoms with van der Waals surface area (Å²) >= 11 is 6.19.